The minimum absolute atomic E-state index is 0.222. The zero-order valence-electron chi connectivity index (χ0n) is 9.39. The number of benzene rings is 1. The van der Waals surface area contributed by atoms with Crippen molar-refractivity contribution < 1.29 is 9.53 Å². The van der Waals surface area contributed by atoms with E-state index in [1.807, 2.05) is 18.2 Å². The summed E-state index contributed by atoms with van der Waals surface area (Å²) in [5.74, 6) is -0.222. The van der Waals surface area contributed by atoms with Crippen molar-refractivity contribution in [3.05, 3.63) is 35.9 Å². The third-order valence-corrected chi connectivity index (χ3v) is 2.85. The van der Waals surface area contributed by atoms with E-state index in [1.54, 1.807) is 12.1 Å². The molecule has 86 valence electrons. The molecule has 0 radical (unpaired) electrons. The summed E-state index contributed by atoms with van der Waals surface area (Å²) in [6.45, 7) is 3.64. The second kappa shape index (κ2) is 5.66. The Balaban J connectivity index is 1.71. The van der Waals surface area contributed by atoms with Crippen LogP contribution in [0.2, 0.25) is 0 Å². The Morgan fingerprint density at radius 1 is 1.19 bits per heavy atom. The van der Waals surface area contributed by atoms with Gasteiger partial charge in [0.05, 0.1) is 5.56 Å². The molecule has 1 aromatic rings. The molecule has 1 saturated heterocycles. The Morgan fingerprint density at radius 2 is 1.88 bits per heavy atom. The van der Waals surface area contributed by atoms with Crippen molar-refractivity contribution in [2.75, 3.05) is 26.2 Å². The minimum Gasteiger partial charge on any atom is -0.461 e. The van der Waals surface area contributed by atoms with Crippen LogP contribution in [0, 0.1) is 0 Å². The Morgan fingerprint density at radius 3 is 2.56 bits per heavy atom. The molecule has 0 N–H and O–H groups in total. The first kappa shape index (κ1) is 11.1. The molecule has 0 amide bonds. The molecule has 0 spiro atoms. The summed E-state index contributed by atoms with van der Waals surface area (Å²) in [5.41, 5.74) is 0.629. The van der Waals surface area contributed by atoms with Gasteiger partial charge in [-0.15, -0.1) is 0 Å². The average molecular weight is 219 g/mol. The second-order valence-corrected chi connectivity index (χ2v) is 4.05. The molecule has 1 aromatic carbocycles. The minimum atomic E-state index is -0.222. The van der Waals surface area contributed by atoms with Gasteiger partial charge in [-0.25, -0.2) is 4.79 Å². The largest absolute Gasteiger partial charge is 0.461 e. The Kier molecular flexibility index (Phi) is 3.94. The van der Waals surface area contributed by atoms with Crippen LogP contribution < -0.4 is 0 Å². The lowest BCUT2D eigenvalue weighted by Gasteiger charge is -2.14. The number of carbonyl (C=O) groups excluding carboxylic acids is 1. The molecule has 1 heterocycles. The molecule has 2 rings (SSSR count). The fourth-order valence-corrected chi connectivity index (χ4v) is 1.93. The van der Waals surface area contributed by atoms with Crippen LogP contribution in [0.1, 0.15) is 23.2 Å². The lowest BCUT2D eigenvalue weighted by molar-refractivity contribution is 0.0472. The number of likely N-dealkylation sites (tertiary alicyclic amines) is 1. The number of hydrogen-bond acceptors (Lipinski definition) is 3. The van der Waals surface area contributed by atoms with E-state index in [0.717, 1.165) is 19.6 Å². The number of ether oxygens (including phenoxy) is 1. The fraction of sp³-hybridized carbons (Fsp3) is 0.462. The number of carbonyl (C=O) groups is 1. The van der Waals surface area contributed by atoms with Crippen LogP contribution in [-0.4, -0.2) is 37.1 Å². The predicted octanol–water partition coefficient (Wildman–Crippen LogP) is 1.94. The van der Waals surface area contributed by atoms with E-state index < -0.39 is 0 Å². The van der Waals surface area contributed by atoms with Gasteiger partial charge in [0.15, 0.2) is 0 Å². The van der Waals surface area contributed by atoms with E-state index in [4.69, 9.17) is 4.74 Å². The van der Waals surface area contributed by atoms with Crippen LogP contribution >= 0.6 is 0 Å². The molecule has 0 saturated carbocycles. The van der Waals surface area contributed by atoms with Crippen molar-refractivity contribution in [2.24, 2.45) is 0 Å². The first-order chi connectivity index (χ1) is 7.86. The zero-order chi connectivity index (χ0) is 11.2. The van der Waals surface area contributed by atoms with Crippen LogP contribution in [0.15, 0.2) is 30.3 Å². The molecule has 16 heavy (non-hydrogen) atoms. The lowest BCUT2D eigenvalue weighted by Crippen LogP contribution is -2.25. The van der Waals surface area contributed by atoms with Gasteiger partial charge in [0.2, 0.25) is 0 Å². The number of hydrogen-bond donors (Lipinski definition) is 0. The van der Waals surface area contributed by atoms with E-state index in [9.17, 15) is 4.79 Å². The van der Waals surface area contributed by atoms with Gasteiger partial charge < -0.3 is 4.74 Å². The average Bonchev–Trinajstić information content (AvgIpc) is 2.83. The van der Waals surface area contributed by atoms with Crippen molar-refractivity contribution in [3.63, 3.8) is 0 Å². The van der Waals surface area contributed by atoms with Gasteiger partial charge in [0, 0.05) is 6.54 Å². The molecule has 0 atom stereocenters. The van der Waals surface area contributed by atoms with Crippen molar-refractivity contribution in [1.82, 2.24) is 4.90 Å². The van der Waals surface area contributed by atoms with E-state index in [0.29, 0.717) is 12.2 Å². The predicted molar refractivity (Wildman–Crippen MR) is 62.4 cm³/mol. The highest BCUT2D eigenvalue weighted by Crippen LogP contribution is 2.07. The molecular weight excluding hydrogens is 202 g/mol. The molecule has 0 aromatic heterocycles. The van der Waals surface area contributed by atoms with Gasteiger partial charge in [0.25, 0.3) is 0 Å². The van der Waals surface area contributed by atoms with Crippen LogP contribution in [0.5, 0.6) is 0 Å². The second-order valence-electron chi connectivity index (χ2n) is 4.05. The molecular formula is C13H17NO2. The smallest absolute Gasteiger partial charge is 0.338 e. The molecule has 0 aliphatic carbocycles. The molecule has 0 unspecified atom stereocenters. The summed E-state index contributed by atoms with van der Waals surface area (Å²) in [7, 11) is 0. The summed E-state index contributed by atoms with van der Waals surface area (Å²) in [5, 5.41) is 0. The van der Waals surface area contributed by atoms with Crippen LogP contribution in [0.25, 0.3) is 0 Å². The molecule has 1 fully saturated rings. The highest BCUT2D eigenvalue weighted by atomic mass is 16.5. The number of rotatable bonds is 4. The summed E-state index contributed by atoms with van der Waals surface area (Å²) < 4.78 is 5.21. The first-order valence-corrected chi connectivity index (χ1v) is 5.81. The van der Waals surface area contributed by atoms with Crippen LogP contribution in [0.4, 0.5) is 0 Å². The standard InChI is InChI=1S/C13H17NO2/c15-13(12-6-2-1-3-7-12)16-11-10-14-8-4-5-9-14/h1-3,6-7H,4-5,8-11H2. The highest BCUT2D eigenvalue weighted by molar-refractivity contribution is 5.89. The molecule has 3 heteroatoms. The summed E-state index contributed by atoms with van der Waals surface area (Å²) in [6, 6.07) is 9.13. The van der Waals surface area contributed by atoms with Gasteiger partial charge in [-0.05, 0) is 38.1 Å². The maximum Gasteiger partial charge on any atom is 0.338 e. The third kappa shape index (κ3) is 3.07. The highest BCUT2D eigenvalue weighted by Gasteiger charge is 2.12. The lowest BCUT2D eigenvalue weighted by atomic mass is 10.2. The van der Waals surface area contributed by atoms with E-state index in [1.165, 1.54) is 12.8 Å². The van der Waals surface area contributed by atoms with Gasteiger partial charge >= 0.3 is 5.97 Å². The Labute approximate surface area is 96.0 Å². The summed E-state index contributed by atoms with van der Waals surface area (Å²) in [6.07, 6.45) is 2.54. The van der Waals surface area contributed by atoms with E-state index in [-0.39, 0.29) is 5.97 Å². The molecule has 1 aliphatic rings. The third-order valence-electron chi connectivity index (χ3n) is 2.85. The first-order valence-electron chi connectivity index (χ1n) is 5.81. The van der Waals surface area contributed by atoms with Crippen LogP contribution in [-0.2, 0) is 4.74 Å². The number of esters is 1. The molecule has 0 bridgehead atoms. The monoisotopic (exact) mass is 219 g/mol. The van der Waals surface area contributed by atoms with Crippen molar-refractivity contribution in [3.8, 4) is 0 Å². The van der Waals surface area contributed by atoms with Crippen molar-refractivity contribution >= 4 is 5.97 Å². The topological polar surface area (TPSA) is 29.5 Å². The molecule has 1 aliphatic heterocycles. The maximum atomic E-state index is 11.6. The van der Waals surface area contributed by atoms with Crippen molar-refractivity contribution in [2.45, 2.75) is 12.8 Å². The zero-order valence-corrected chi connectivity index (χ0v) is 9.39. The fourth-order valence-electron chi connectivity index (χ4n) is 1.93. The van der Waals surface area contributed by atoms with E-state index in [2.05, 4.69) is 4.90 Å². The van der Waals surface area contributed by atoms with Gasteiger partial charge in [-0.2, -0.15) is 0 Å². The summed E-state index contributed by atoms with van der Waals surface area (Å²) in [4.78, 5) is 13.9. The normalized spacial score (nSPS) is 16.2. The van der Waals surface area contributed by atoms with Crippen LogP contribution in [0.3, 0.4) is 0 Å². The van der Waals surface area contributed by atoms with E-state index >= 15 is 0 Å². The summed E-state index contributed by atoms with van der Waals surface area (Å²) >= 11 is 0. The Bertz CT molecular complexity index is 331. The van der Waals surface area contributed by atoms with Crippen molar-refractivity contribution in [1.29, 1.82) is 0 Å². The SMILES string of the molecule is O=C(OCCN1CCCC1)c1ccccc1. The number of nitrogens with zero attached hydrogens (tertiary/aromatic N) is 1. The Hall–Kier alpha value is -1.35. The van der Waals surface area contributed by atoms with Gasteiger partial charge in [-0.3, -0.25) is 4.90 Å². The maximum absolute atomic E-state index is 11.6. The van der Waals surface area contributed by atoms with Gasteiger partial charge in [-0.1, -0.05) is 18.2 Å². The quantitative estimate of drug-likeness (QED) is 0.725. The van der Waals surface area contributed by atoms with Gasteiger partial charge in [0.1, 0.15) is 6.61 Å². The molecule has 3 nitrogen and oxygen atoms in total.